The summed E-state index contributed by atoms with van der Waals surface area (Å²) in [4.78, 5) is 20.8. The average Bonchev–Trinajstić information content (AvgIpc) is 2.74. The third-order valence-electron chi connectivity index (χ3n) is 4.14. The van der Waals surface area contributed by atoms with Crippen LogP contribution in [0, 0.1) is 0 Å². The van der Waals surface area contributed by atoms with E-state index in [9.17, 15) is 4.79 Å². The molecule has 4 rings (SSSR count). The van der Waals surface area contributed by atoms with Gasteiger partial charge in [-0.1, -0.05) is 12.1 Å². The Morgan fingerprint density at radius 2 is 1.90 bits per heavy atom. The Labute approximate surface area is 167 Å². The molecule has 8 heteroatoms. The molecular formula is C21H20N4O4. The van der Waals surface area contributed by atoms with Crippen molar-refractivity contribution >= 4 is 29.1 Å². The molecule has 2 aromatic carbocycles. The number of hydrogen-bond acceptors (Lipinski definition) is 8. The summed E-state index contributed by atoms with van der Waals surface area (Å²) in [6.07, 6.45) is 1.63. The first kappa shape index (κ1) is 18.5. The molecule has 148 valence electrons. The first-order valence-corrected chi connectivity index (χ1v) is 9.26. The number of rotatable bonds is 6. The molecule has 0 amide bonds. The molecule has 0 spiro atoms. The van der Waals surface area contributed by atoms with E-state index in [1.54, 1.807) is 37.4 Å². The maximum absolute atomic E-state index is 12.1. The fourth-order valence-electron chi connectivity index (χ4n) is 2.86. The third-order valence-corrected chi connectivity index (χ3v) is 4.14. The van der Waals surface area contributed by atoms with Crippen LogP contribution in [-0.2, 0) is 4.74 Å². The number of fused-ring (bicyclic) bond motifs is 1. The van der Waals surface area contributed by atoms with E-state index in [1.807, 2.05) is 24.3 Å². The van der Waals surface area contributed by atoms with Gasteiger partial charge in [0.05, 0.1) is 17.9 Å². The van der Waals surface area contributed by atoms with Gasteiger partial charge in [-0.3, -0.25) is 0 Å². The molecule has 8 nitrogen and oxygen atoms in total. The molecule has 1 aliphatic heterocycles. The lowest BCUT2D eigenvalue weighted by molar-refractivity contribution is 0.0527. The molecule has 1 aliphatic rings. The highest BCUT2D eigenvalue weighted by molar-refractivity contribution is 5.96. The van der Waals surface area contributed by atoms with Crippen molar-refractivity contribution in [3.63, 3.8) is 0 Å². The Morgan fingerprint density at radius 1 is 1.07 bits per heavy atom. The van der Waals surface area contributed by atoms with Gasteiger partial charge in [-0.2, -0.15) is 4.98 Å². The molecule has 29 heavy (non-hydrogen) atoms. The van der Waals surface area contributed by atoms with Crippen molar-refractivity contribution in [2.75, 3.05) is 30.5 Å². The van der Waals surface area contributed by atoms with Gasteiger partial charge in [-0.05, 0) is 37.3 Å². The number of nitrogens with one attached hydrogen (secondary N) is 2. The van der Waals surface area contributed by atoms with Gasteiger partial charge in [0.2, 0.25) is 5.95 Å². The zero-order chi connectivity index (χ0) is 20.1. The van der Waals surface area contributed by atoms with Crippen LogP contribution >= 0.6 is 0 Å². The molecule has 0 unspecified atom stereocenters. The van der Waals surface area contributed by atoms with Crippen LogP contribution in [0.1, 0.15) is 17.3 Å². The normalized spacial score (nSPS) is 12.2. The van der Waals surface area contributed by atoms with Gasteiger partial charge in [0.1, 0.15) is 19.0 Å². The Kier molecular flexibility index (Phi) is 5.42. The molecule has 0 saturated carbocycles. The molecule has 0 bridgehead atoms. The molecular weight excluding hydrogens is 372 g/mol. The van der Waals surface area contributed by atoms with E-state index in [0.717, 1.165) is 11.4 Å². The van der Waals surface area contributed by atoms with Crippen LogP contribution in [0.15, 0.2) is 54.7 Å². The molecule has 1 aromatic heterocycles. The Balaban J connectivity index is 1.52. The van der Waals surface area contributed by atoms with Crippen molar-refractivity contribution in [1.82, 2.24) is 9.97 Å². The van der Waals surface area contributed by atoms with Crippen molar-refractivity contribution in [2.24, 2.45) is 0 Å². The van der Waals surface area contributed by atoms with Crippen molar-refractivity contribution in [1.29, 1.82) is 0 Å². The van der Waals surface area contributed by atoms with E-state index >= 15 is 0 Å². The number of esters is 1. The topological polar surface area (TPSA) is 94.6 Å². The van der Waals surface area contributed by atoms with Gasteiger partial charge in [-0.25, -0.2) is 9.78 Å². The smallest absolute Gasteiger partial charge is 0.340 e. The van der Waals surface area contributed by atoms with E-state index < -0.39 is 5.97 Å². The number of para-hydroxylation sites is 1. The Hall–Kier alpha value is -3.81. The Bertz CT molecular complexity index is 1030. The fraction of sp³-hybridized carbons (Fsp3) is 0.190. The molecule has 0 saturated heterocycles. The molecule has 2 heterocycles. The standard InChI is InChI=1S/C21H20N4O4/c1-2-27-20(26)15-5-3-4-6-16(15)24-21-22-10-9-19(25-21)23-14-7-8-17-18(13-14)29-12-11-28-17/h3-10,13H,2,11-12H2,1H3,(H2,22,23,24,25). The quantitative estimate of drug-likeness (QED) is 0.610. The first-order valence-electron chi connectivity index (χ1n) is 9.26. The SMILES string of the molecule is CCOC(=O)c1ccccc1Nc1nccc(Nc2ccc3c(c2)OCCO3)n1. The summed E-state index contributed by atoms with van der Waals surface area (Å²) < 4.78 is 16.2. The minimum Gasteiger partial charge on any atom is -0.486 e. The van der Waals surface area contributed by atoms with Crippen LogP contribution < -0.4 is 20.1 Å². The summed E-state index contributed by atoms with van der Waals surface area (Å²) >= 11 is 0. The molecule has 0 atom stereocenters. The largest absolute Gasteiger partial charge is 0.486 e. The van der Waals surface area contributed by atoms with Crippen molar-refractivity contribution in [3.05, 3.63) is 60.3 Å². The Morgan fingerprint density at radius 3 is 2.76 bits per heavy atom. The molecule has 0 fully saturated rings. The number of carbonyl (C=O) groups excluding carboxylic acids is 1. The van der Waals surface area contributed by atoms with Gasteiger partial charge >= 0.3 is 5.97 Å². The van der Waals surface area contributed by atoms with Crippen LogP contribution in [0.3, 0.4) is 0 Å². The zero-order valence-electron chi connectivity index (χ0n) is 15.8. The number of anilines is 4. The van der Waals surface area contributed by atoms with Crippen LogP contribution in [0.25, 0.3) is 0 Å². The second-order valence-corrected chi connectivity index (χ2v) is 6.14. The monoisotopic (exact) mass is 392 g/mol. The van der Waals surface area contributed by atoms with Crippen LogP contribution in [0.4, 0.5) is 23.1 Å². The summed E-state index contributed by atoms with van der Waals surface area (Å²) in [5.74, 6) is 1.96. The first-order chi connectivity index (χ1) is 14.2. The molecule has 3 aromatic rings. The number of ether oxygens (including phenoxy) is 3. The van der Waals surface area contributed by atoms with Crippen LogP contribution in [0.5, 0.6) is 11.5 Å². The summed E-state index contributed by atoms with van der Waals surface area (Å²) in [5, 5.41) is 6.30. The maximum atomic E-state index is 12.1. The van der Waals surface area contributed by atoms with E-state index in [4.69, 9.17) is 14.2 Å². The second-order valence-electron chi connectivity index (χ2n) is 6.14. The maximum Gasteiger partial charge on any atom is 0.340 e. The van der Waals surface area contributed by atoms with Gasteiger partial charge in [-0.15, -0.1) is 0 Å². The lowest BCUT2D eigenvalue weighted by atomic mass is 10.2. The molecule has 0 aliphatic carbocycles. The van der Waals surface area contributed by atoms with E-state index in [0.29, 0.717) is 48.6 Å². The fourth-order valence-corrected chi connectivity index (χ4v) is 2.86. The van der Waals surface area contributed by atoms with E-state index in [1.165, 1.54) is 0 Å². The number of carbonyl (C=O) groups is 1. The number of aromatic nitrogens is 2. The van der Waals surface area contributed by atoms with Crippen molar-refractivity contribution in [3.8, 4) is 11.5 Å². The predicted octanol–water partition coefficient (Wildman–Crippen LogP) is 3.91. The average molecular weight is 392 g/mol. The van der Waals surface area contributed by atoms with E-state index in [2.05, 4.69) is 20.6 Å². The van der Waals surface area contributed by atoms with Gasteiger partial charge < -0.3 is 24.8 Å². The summed E-state index contributed by atoms with van der Waals surface area (Å²) in [6, 6.07) is 14.4. The lowest BCUT2D eigenvalue weighted by Crippen LogP contribution is -2.15. The highest BCUT2D eigenvalue weighted by Gasteiger charge is 2.14. The third kappa shape index (κ3) is 4.37. The second kappa shape index (κ2) is 8.47. The predicted molar refractivity (Wildman–Crippen MR) is 108 cm³/mol. The van der Waals surface area contributed by atoms with Crippen LogP contribution in [0.2, 0.25) is 0 Å². The van der Waals surface area contributed by atoms with Gasteiger partial charge in [0, 0.05) is 18.0 Å². The van der Waals surface area contributed by atoms with Crippen molar-refractivity contribution in [2.45, 2.75) is 6.92 Å². The number of benzene rings is 2. The minimum absolute atomic E-state index is 0.304. The molecule has 0 radical (unpaired) electrons. The van der Waals surface area contributed by atoms with Crippen molar-refractivity contribution < 1.29 is 19.0 Å². The highest BCUT2D eigenvalue weighted by Crippen LogP contribution is 2.33. The minimum atomic E-state index is -0.402. The number of hydrogen-bond donors (Lipinski definition) is 2. The van der Waals surface area contributed by atoms with Gasteiger partial charge in [0.15, 0.2) is 11.5 Å². The summed E-state index contributed by atoms with van der Waals surface area (Å²) in [6.45, 7) is 3.15. The number of nitrogens with zero attached hydrogens (tertiary/aromatic N) is 2. The van der Waals surface area contributed by atoms with Gasteiger partial charge in [0.25, 0.3) is 0 Å². The van der Waals surface area contributed by atoms with E-state index in [-0.39, 0.29) is 0 Å². The highest BCUT2D eigenvalue weighted by atomic mass is 16.6. The zero-order valence-corrected chi connectivity index (χ0v) is 15.8. The lowest BCUT2D eigenvalue weighted by Gasteiger charge is -2.19. The summed E-state index contributed by atoms with van der Waals surface area (Å²) in [5.41, 5.74) is 1.80. The van der Waals surface area contributed by atoms with Crippen LogP contribution in [-0.4, -0.2) is 35.8 Å². The molecule has 2 N–H and O–H groups in total. The summed E-state index contributed by atoms with van der Waals surface area (Å²) in [7, 11) is 0.